The van der Waals surface area contributed by atoms with Crippen molar-refractivity contribution in [3.63, 3.8) is 0 Å². The van der Waals surface area contributed by atoms with Crippen molar-refractivity contribution >= 4 is 15.9 Å². The summed E-state index contributed by atoms with van der Waals surface area (Å²) < 4.78 is 25.6. The van der Waals surface area contributed by atoms with Crippen LogP contribution in [0.4, 0.5) is 0 Å². The third kappa shape index (κ3) is 8.26. The second-order valence-electron chi connectivity index (χ2n) is 7.53. The van der Waals surface area contributed by atoms with E-state index in [2.05, 4.69) is 10.0 Å². The third-order valence-electron chi connectivity index (χ3n) is 3.37. The summed E-state index contributed by atoms with van der Waals surface area (Å²) in [6, 6.07) is 0. The van der Waals surface area contributed by atoms with E-state index in [1.54, 1.807) is 12.2 Å². The lowest BCUT2D eigenvalue weighted by Gasteiger charge is -2.35. The molecule has 134 valence electrons. The van der Waals surface area contributed by atoms with Gasteiger partial charge in [0.05, 0.1) is 6.26 Å². The average molecular weight is 353 g/mol. The number of nitrogens with one attached hydrogen (secondary N) is 2. The number of carbonyl (C=O) groups is 1. The van der Waals surface area contributed by atoms with E-state index in [4.69, 9.17) is 0 Å². The summed E-state index contributed by atoms with van der Waals surface area (Å²) in [7, 11) is -3.28. The normalized spacial score (nSPS) is 18.3. The molecule has 0 fully saturated rings. The maximum Gasteiger partial charge on any atom is 0.251 e. The van der Waals surface area contributed by atoms with E-state index in [1.165, 1.54) is 0 Å². The van der Waals surface area contributed by atoms with Gasteiger partial charge in [0.25, 0.3) is 5.91 Å². The van der Waals surface area contributed by atoms with Gasteiger partial charge in [0.2, 0.25) is 10.0 Å². The minimum Gasteiger partial charge on any atom is -0.352 e. The number of carbonyl (C=O) groups excluding carboxylic acids is 1. The molecule has 1 aliphatic carbocycles. The lowest BCUT2D eigenvalue weighted by Crippen LogP contribution is -2.48. The Bertz CT molecular complexity index is 681. The van der Waals surface area contributed by atoms with Gasteiger partial charge in [-0.3, -0.25) is 4.79 Å². The smallest absolute Gasteiger partial charge is 0.251 e. The van der Waals surface area contributed by atoms with Crippen LogP contribution in [0.2, 0.25) is 0 Å². The van der Waals surface area contributed by atoms with Crippen LogP contribution in [-0.2, 0) is 14.8 Å². The summed E-state index contributed by atoms with van der Waals surface area (Å²) in [4.78, 5) is 12.3. The maximum atomic E-state index is 12.3. The van der Waals surface area contributed by atoms with Crippen molar-refractivity contribution < 1.29 is 13.2 Å². The number of hydrogen-bond acceptors (Lipinski definition) is 3. The predicted molar refractivity (Wildman–Crippen MR) is 99.0 cm³/mol. The monoisotopic (exact) mass is 352 g/mol. The van der Waals surface area contributed by atoms with Crippen molar-refractivity contribution in [2.75, 3.05) is 12.8 Å². The summed E-state index contributed by atoms with van der Waals surface area (Å²) >= 11 is 0. The molecule has 0 atom stereocenters. The van der Waals surface area contributed by atoms with E-state index in [1.807, 2.05) is 58.1 Å². The van der Waals surface area contributed by atoms with Gasteiger partial charge in [0.15, 0.2) is 0 Å². The van der Waals surface area contributed by atoms with Crippen molar-refractivity contribution in [2.24, 2.45) is 5.41 Å². The number of rotatable bonds is 7. The van der Waals surface area contributed by atoms with Crippen LogP contribution in [0, 0.1) is 5.41 Å². The van der Waals surface area contributed by atoms with Crippen LogP contribution >= 0.6 is 0 Å². The quantitative estimate of drug-likeness (QED) is 0.739. The molecule has 0 saturated carbocycles. The van der Waals surface area contributed by atoms with Crippen molar-refractivity contribution in [3.05, 3.63) is 48.1 Å². The van der Waals surface area contributed by atoms with Gasteiger partial charge in [-0.05, 0) is 37.8 Å². The Labute approximate surface area is 145 Å². The van der Waals surface area contributed by atoms with Gasteiger partial charge in [0.1, 0.15) is 0 Å². The zero-order valence-corrected chi connectivity index (χ0v) is 15.9. The largest absolute Gasteiger partial charge is 0.352 e. The van der Waals surface area contributed by atoms with Crippen molar-refractivity contribution in [2.45, 2.75) is 39.7 Å². The summed E-state index contributed by atoms with van der Waals surface area (Å²) in [5, 5.41) is 2.93. The number of sulfonamides is 1. The first-order chi connectivity index (χ1) is 10.9. The Morgan fingerprint density at radius 2 is 1.62 bits per heavy atom. The number of amides is 1. The topological polar surface area (TPSA) is 75.3 Å². The van der Waals surface area contributed by atoms with E-state index in [0.717, 1.165) is 6.26 Å². The third-order valence-corrected chi connectivity index (χ3v) is 4.29. The Kier molecular flexibility index (Phi) is 6.75. The Hall–Kier alpha value is -1.66. The molecule has 0 aromatic heterocycles. The lowest BCUT2D eigenvalue weighted by atomic mass is 9.80. The summed E-state index contributed by atoms with van der Waals surface area (Å²) in [5.41, 5.74) is -0.271. The van der Waals surface area contributed by atoms with Gasteiger partial charge in [0, 0.05) is 17.7 Å². The van der Waals surface area contributed by atoms with Gasteiger partial charge in [-0.2, -0.15) is 0 Å². The van der Waals surface area contributed by atoms with E-state index < -0.39 is 15.6 Å². The van der Waals surface area contributed by atoms with E-state index in [0.29, 0.717) is 18.5 Å². The first-order valence-corrected chi connectivity index (χ1v) is 9.78. The highest BCUT2D eigenvalue weighted by Gasteiger charge is 2.31. The lowest BCUT2D eigenvalue weighted by molar-refractivity contribution is -0.117. The van der Waals surface area contributed by atoms with Gasteiger partial charge < -0.3 is 5.32 Å². The summed E-state index contributed by atoms with van der Waals surface area (Å²) in [5.74, 6) is -0.145. The Morgan fingerprint density at radius 3 is 2.25 bits per heavy atom. The minimum absolute atomic E-state index is 0.145. The van der Waals surface area contributed by atoms with Crippen LogP contribution in [0.15, 0.2) is 48.1 Å². The van der Waals surface area contributed by atoms with E-state index >= 15 is 0 Å². The van der Waals surface area contributed by atoms with Crippen LogP contribution in [0.25, 0.3) is 0 Å². The Balaban J connectivity index is 2.66. The maximum absolute atomic E-state index is 12.3. The molecule has 0 aliphatic heterocycles. The van der Waals surface area contributed by atoms with Gasteiger partial charge in [-0.15, -0.1) is 0 Å². The minimum atomic E-state index is -3.28. The van der Waals surface area contributed by atoms with Gasteiger partial charge >= 0.3 is 0 Å². The van der Waals surface area contributed by atoms with Crippen LogP contribution in [0.1, 0.15) is 34.1 Å². The molecule has 1 amide bonds. The molecule has 0 aromatic carbocycles. The summed E-state index contributed by atoms with van der Waals surface area (Å²) in [6.07, 6.45) is 14.5. The molecule has 0 bridgehead atoms. The molecule has 2 N–H and O–H groups in total. The highest BCUT2D eigenvalue weighted by molar-refractivity contribution is 7.88. The zero-order valence-electron chi connectivity index (χ0n) is 15.1. The molecule has 5 nitrogen and oxygen atoms in total. The molecule has 0 aromatic rings. The second-order valence-corrected chi connectivity index (χ2v) is 9.28. The predicted octanol–water partition coefficient (Wildman–Crippen LogP) is 2.46. The molecular formula is C18H28N2O3S. The van der Waals surface area contributed by atoms with Gasteiger partial charge in [-0.25, -0.2) is 13.1 Å². The zero-order chi connectivity index (χ0) is 18.4. The van der Waals surface area contributed by atoms with Crippen LogP contribution in [-0.4, -0.2) is 32.7 Å². The molecule has 1 rings (SSSR count). The molecule has 0 radical (unpaired) electrons. The standard InChI is InChI=1S/C18H28N2O3S/c1-17(2,13-18(3,4)20-24(5,22)23)14-19-16(21)15-11-9-7-6-8-10-12-15/h6-12,20H,13-14H2,1-5H3,(H,19,21)/b7-6-,8-6?,9-7?,10-8-,11-9?,12-10?,15-11?,15-12?. The number of hydrogen-bond donors (Lipinski definition) is 2. The SMILES string of the molecule is CC(C)(CNC(=O)C1=C/C=C\C=C/C=C1)CC(C)(C)NS(C)(=O)=O. The fraction of sp³-hybridized carbons (Fsp3) is 0.500. The second kappa shape index (κ2) is 7.94. The van der Waals surface area contributed by atoms with Crippen molar-refractivity contribution in [3.8, 4) is 0 Å². The van der Waals surface area contributed by atoms with E-state index in [9.17, 15) is 13.2 Å². The molecule has 0 unspecified atom stereocenters. The first kappa shape index (κ1) is 20.4. The fourth-order valence-corrected chi connectivity index (χ4v) is 4.01. The van der Waals surface area contributed by atoms with E-state index in [-0.39, 0.29) is 11.3 Å². The highest BCUT2D eigenvalue weighted by Crippen LogP contribution is 2.27. The van der Waals surface area contributed by atoms with Crippen molar-refractivity contribution in [1.82, 2.24) is 10.0 Å². The molecular weight excluding hydrogens is 324 g/mol. The summed E-state index contributed by atoms with van der Waals surface area (Å²) in [6.45, 7) is 8.14. The van der Waals surface area contributed by atoms with Crippen molar-refractivity contribution in [1.29, 1.82) is 0 Å². The molecule has 0 saturated heterocycles. The average Bonchev–Trinajstić information content (AvgIpc) is 2.31. The Morgan fingerprint density at radius 1 is 1.04 bits per heavy atom. The molecule has 1 aliphatic rings. The molecule has 0 heterocycles. The molecule has 24 heavy (non-hydrogen) atoms. The van der Waals surface area contributed by atoms with Crippen LogP contribution < -0.4 is 10.0 Å². The molecule has 6 heteroatoms. The molecule has 0 spiro atoms. The van der Waals surface area contributed by atoms with Crippen LogP contribution in [0.3, 0.4) is 0 Å². The van der Waals surface area contributed by atoms with Gasteiger partial charge in [-0.1, -0.05) is 44.2 Å². The first-order valence-electron chi connectivity index (χ1n) is 7.89. The van der Waals surface area contributed by atoms with Crippen LogP contribution in [0.5, 0.6) is 0 Å². The fourth-order valence-electron chi connectivity index (χ4n) is 2.94. The number of allylic oxidation sites excluding steroid dienone is 6. The highest BCUT2D eigenvalue weighted by atomic mass is 32.2.